The van der Waals surface area contributed by atoms with E-state index in [-0.39, 0.29) is 11.4 Å². The summed E-state index contributed by atoms with van der Waals surface area (Å²) in [5, 5.41) is 3.90. The molecule has 3 rings (SSSR count). The zero-order valence-electron chi connectivity index (χ0n) is 15.0. The lowest BCUT2D eigenvalue weighted by molar-refractivity contribution is 0.0729. The third-order valence-corrected chi connectivity index (χ3v) is 3.68. The number of aromatic nitrogens is 1. The van der Waals surface area contributed by atoms with E-state index in [4.69, 9.17) is 9.47 Å². The van der Waals surface area contributed by atoms with E-state index in [0.29, 0.717) is 16.9 Å². The Morgan fingerprint density at radius 1 is 1.00 bits per heavy atom. The van der Waals surface area contributed by atoms with Crippen LogP contribution in [-0.2, 0) is 0 Å². The van der Waals surface area contributed by atoms with Crippen molar-refractivity contribution in [3.8, 4) is 11.5 Å². The van der Waals surface area contributed by atoms with Gasteiger partial charge in [-0.3, -0.25) is 9.78 Å². The number of nitrogens with zero attached hydrogens (tertiary/aromatic N) is 2. The molecule has 0 spiro atoms. The lowest BCUT2D eigenvalue weighted by Crippen LogP contribution is -2.18. The van der Waals surface area contributed by atoms with Crippen molar-refractivity contribution in [2.24, 2.45) is 5.10 Å². The van der Waals surface area contributed by atoms with Crippen LogP contribution in [-0.4, -0.2) is 30.2 Å². The molecule has 0 aliphatic rings. The minimum Gasteiger partial charge on any atom is -0.493 e. The Morgan fingerprint density at radius 3 is 2.50 bits per heavy atom. The van der Waals surface area contributed by atoms with Crippen molar-refractivity contribution >= 4 is 18.1 Å². The smallest absolute Gasteiger partial charge is 0.343 e. The van der Waals surface area contributed by atoms with Crippen LogP contribution in [0.2, 0.25) is 0 Å². The van der Waals surface area contributed by atoms with Crippen LogP contribution in [0.5, 0.6) is 11.5 Å². The molecule has 0 unspecified atom stereocenters. The van der Waals surface area contributed by atoms with Gasteiger partial charge in [0.2, 0.25) is 0 Å². The van der Waals surface area contributed by atoms with E-state index in [1.54, 1.807) is 60.7 Å². The molecule has 0 aliphatic carbocycles. The summed E-state index contributed by atoms with van der Waals surface area (Å²) in [6.45, 7) is 0. The average molecular weight is 375 g/mol. The molecule has 0 fully saturated rings. The average Bonchev–Trinajstić information content (AvgIpc) is 2.75. The highest BCUT2D eigenvalue weighted by molar-refractivity contribution is 5.93. The number of hydrogen-bond donors (Lipinski definition) is 1. The molecule has 7 heteroatoms. The SMILES string of the molecule is COc1cc(/C=N/NC(=O)c2ccccn2)ccc1OC(=O)c1ccccc1. The van der Waals surface area contributed by atoms with Crippen LogP contribution in [0, 0.1) is 0 Å². The van der Waals surface area contributed by atoms with E-state index in [9.17, 15) is 9.59 Å². The van der Waals surface area contributed by atoms with Crippen LogP contribution in [0.25, 0.3) is 0 Å². The molecule has 1 N–H and O–H groups in total. The van der Waals surface area contributed by atoms with Gasteiger partial charge in [0.05, 0.1) is 18.9 Å². The first-order chi connectivity index (χ1) is 13.7. The number of carbonyl (C=O) groups is 2. The first-order valence-electron chi connectivity index (χ1n) is 8.37. The summed E-state index contributed by atoms with van der Waals surface area (Å²) >= 11 is 0. The zero-order valence-corrected chi connectivity index (χ0v) is 15.0. The van der Waals surface area contributed by atoms with Crippen molar-refractivity contribution in [3.63, 3.8) is 0 Å². The van der Waals surface area contributed by atoms with E-state index in [1.807, 2.05) is 6.07 Å². The molecule has 0 atom stereocenters. The molecule has 0 saturated carbocycles. The van der Waals surface area contributed by atoms with Crippen molar-refractivity contribution in [2.75, 3.05) is 7.11 Å². The molecule has 1 heterocycles. The highest BCUT2D eigenvalue weighted by Gasteiger charge is 2.12. The van der Waals surface area contributed by atoms with Gasteiger partial charge in [-0.25, -0.2) is 10.2 Å². The third kappa shape index (κ3) is 4.79. The number of hydrazone groups is 1. The summed E-state index contributed by atoms with van der Waals surface area (Å²) < 4.78 is 10.7. The van der Waals surface area contributed by atoms with E-state index < -0.39 is 11.9 Å². The molecule has 0 aliphatic heterocycles. The van der Waals surface area contributed by atoms with Gasteiger partial charge in [0, 0.05) is 6.20 Å². The monoisotopic (exact) mass is 375 g/mol. The number of nitrogens with one attached hydrogen (secondary N) is 1. The van der Waals surface area contributed by atoms with Crippen LogP contribution in [0.4, 0.5) is 0 Å². The van der Waals surface area contributed by atoms with E-state index in [1.165, 1.54) is 19.5 Å². The zero-order chi connectivity index (χ0) is 19.8. The van der Waals surface area contributed by atoms with Gasteiger partial charge < -0.3 is 9.47 Å². The molecule has 0 radical (unpaired) electrons. The van der Waals surface area contributed by atoms with Gasteiger partial charge in [-0.1, -0.05) is 24.3 Å². The molecular weight excluding hydrogens is 358 g/mol. The van der Waals surface area contributed by atoms with Crippen LogP contribution in [0.3, 0.4) is 0 Å². The van der Waals surface area contributed by atoms with E-state index in [0.717, 1.165) is 0 Å². The summed E-state index contributed by atoms with van der Waals surface area (Å²) in [5.74, 6) is -0.254. The van der Waals surface area contributed by atoms with Crippen LogP contribution in [0.15, 0.2) is 78.0 Å². The predicted molar refractivity (Wildman–Crippen MR) is 104 cm³/mol. The standard InChI is InChI=1S/C21H17N3O4/c1-27-19-13-15(14-23-24-20(25)17-9-5-6-12-22-17)10-11-18(19)28-21(26)16-7-3-2-4-8-16/h2-14H,1H3,(H,24,25)/b23-14+. The Labute approximate surface area is 161 Å². The topological polar surface area (TPSA) is 89.9 Å². The Hall–Kier alpha value is -4.00. The minimum atomic E-state index is -0.483. The molecule has 7 nitrogen and oxygen atoms in total. The van der Waals surface area contributed by atoms with Gasteiger partial charge in [0.15, 0.2) is 11.5 Å². The van der Waals surface area contributed by atoms with Gasteiger partial charge in [0.25, 0.3) is 5.91 Å². The fourth-order valence-electron chi connectivity index (χ4n) is 2.30. The largest absolute Gasteiger partial charge is 0.493 e. The molecule has 3 aromatic rings. The number of benzene rings is 2. The Balaban J connectivity index is 1.67. The van der Waals surface area contributed by atoms with Gasteiger partial charge >= 0.3 is 5.97 Å². The molecule has 2 aromatic carbocycles. The van der Waals surface area contributed by atoms with Crippen molar-refractivity contribution < 1.29 is 19.1 Å². The molecular formula is C21H17N3O4. The number of ether oxygens (including phenoxy) is 2. The maximum absolute atomic E-state index is 12.2. The quantitative estimate of drug-likeness (QED) is 0.309. The van der Waals surface area contributed by atoms with Crippen LogP contribution in [0.1, 0.15) is 26.4 Å². The van der Waals surface area contributed by atoms with Crippen molar-refractivity contribution in [2.45, 2.75) is 0 Å². The van der Waals surface area contributed by atoms with Crippen LogP contribution < -0.4 is 14.9 Å². The fourth-order valence-corrected chi connectivity index (χ4v) is 2.30. The highest BCUT2D eigenvalue weighted by atomic mass is 16.6. The lowest BCUT2D eigenvalue weighted by atomic mass is 10.2. The molecule has 140 valence electrons. The first kappa shape index (κ1) is 18.8. The van der Waals surface area contributed by atoms with Crippen LogP contribution >= 0.6 is 0 Å². The number of carbonyl (C=O) groups excluding carboxylic acids is 2. The Morgan fingerprint density at radius 2 is 1.79 bits per heavy atom. The van der Waals surface area contributed by atoms with Crippen molar-refractivity contribution in [3.05, 3.63) is 89.7 Å². The number of methoxy groups -OCH3 is 1. The van der Waals surface area contributed by atoms with Gasteiger partial charge in [-0.05, 0) is 48.0 Å². The third-order valence-electron chi connectivity index (χ3n) is 3.68. The van der Waals surface area contributed by atoms with E-state index >= 15 is 0 Å². The lowest BCUT2D eigenvalue weighted by Gasteiger charge is -2.10. The number of esters is 1. The summed E-state index contributed by atoms with van der Waals surface area (Å²) in [4.78, 5) is 28.0. The second-order valence-corrected chi connectivity index (χ2v) is 5.58. The Bertz CT molecular complexity index is 989. The van der Waals surface area contributed by atoms with Gasteiger partial charge in [-0.2, -0.15) is 5.10 Å². The second kappa shape index (κ2) is 9.09. The maximum Gasteiger partial charge on any atom is 0.343 e. The van der Waals surface area contributed by atoms with Gasteiger partial charge in [-0.15, -0.1) is 0 Å². The predicted octanol–water partition coefficient (Wildman–Crippen LogP) is 3.07. The van der Waals surface area contributed by atoms with Crippen molar-refractivity contribution in [1.29, 1.82) is 0 Å². The molecule has 0 bridgehead atoms. The number of hydrogen-bond acceptors (Lipinski definition) is 6. The molecule has 1 amide bonds. The summed E-state index contributed by atoms with van der Waals surface area (Å²) in [7, 11) is 1.47. The second-order valence-electron chi connectivity index (χ2n) is 5.58. The number of rotatable bonds is 6. The molecule has 0 saturated heterocycles. The maximum atomic E-state index is 12.2. The summed E-state index contributed by atoms with van der Waals surface area (Å²) in [5.41, 5.74) is 3.75. The summed E-state index contributed by atoms with van der Waals surface area (Å²) in [6, 6.07) is 18.6. The minimum absolute atomic E-state index is 0.264. The highest BCUT2D eigenvalue weighted by Crippen LogP contribution is 2.28. The number of amides is 1. The Kier molecular flexibility index (Phi) is 6.10. The van der Waals surface area contributed by atoms with E-state index in [2.05, 4.69) is 15.5 Å². The fraction of sp³-hybridized carbons (Fsp3) is 0.0476. The van der Waals surface area contributed by atoms with Gasteiger partial charge in [0.1, 0.15) is 5.69 Å². The first-order valence-corrected chi connectivity index (χ1v) is 8.37. The summed E-state index contributed by atoms with van der Waals surface area (Å²) in [6.07, 6.45) is 2.98. The number of pyridine rings is 1. The molecule has 1 aromatic heterocycles. The van der Waals surface area contributed by atoms with Crippen molar-refractivity contribution in [1.82, 2.24) is 10.4 Å². The molecule has 28 heavy (non-hydrogen) atoms. The normalized spacial score (nSPS) is 10.5.